The Kier molecular flexibility index (Phi) is 4.54. The highest BCUT2D eigenvalue weighted by Crippen LogP contribution is 2.16. The van der Waals surface area contributed by atoms with E-state index in [2.05, 4.69) is 19.6 Å². The molecule has 0 aliphatic carbocycles. The van der Waals surface area contributed by atoms with Gasteiger partial charge in [0.05, 0.1) is 6.10 Å². The molecule has 0 bridgehead atoms. The molecule has 3 heteroatoms. The molecule has 0 rings (SSSR count). The lowest BCUT2D eigenvalue weighted by atomic mass is 10.4. The van der Waals surface area contributed by atoms with Crippen LogP contribution in [0, 0.1) is 0 Å². The molecule has 0 atom stereocenters. The largest absolute Gasteiger partial charge is 0.520 e. The third-order valence-corrected chi connectivity index (χ3v) is 1.95. The molecule has 0 spiro atoms. The first-order chi connectivity index (χ1) is 5.72. The van der Waals surface area contributed by atoms with Crippen LogP contribution in [0.1, 0.15) is 27.7 Å². The minimum Gasteiger partial charge on any atom is -0.520 e. The maximum absolute atomic E-state index is 5.81. The first kappa shape index (κ1) is 12.6. The molecule has 0 heterocycles. The molecule has 0 N–H and O–H groups in total. The van der Waals surface area contributed by atoms with Crippen molar-refractivity contribution in [1.82, 2.24) is 0 Å². The summed E-state index contributed by atoms with van der Waals surface area (Å²) >= 11 is 0. The van der Waals surface area contributed by atoms with Crippen molar-refractivity contribution >= 4 is 8.32 Å². The lowest BCUT2D eigenvalue weighted by Crippen LogP contribution is -2.27. The Bertz CT molecular complexity index is 186. The van der Waals surface area contributed by atoms with Crippen molar-refractivity contribution in [3.8, 4) is 0 Å². The van der Waals surface area contributed by atoms with E-state index < -0.39 is 8.32 Å². The molecule has 2 nitrogen and oxygen atoms in total. The average molecular weight is 202 g/mol. The van der Waals surface area contributed by atoms with E-state index in [0.717, 1.165) is 5.57 Å². The van der Waals surface area contributed by atoms with Gasteiger partial charge in [0, 0.05) is 5.57 Å². The second-order valence-corrected chi connectivity index (χ2v) is 9.10. The smallest absolute Gasteiger partial charge is 0.264 e. The van der Waals surface area contributed by atoms with Crippen LogP contribution in [0.15, 0.2) is 11.5 Å². The molecule has 0 aliphatic rings. The molecule has 0 fully saturated rings. The molecular weight excluding hydrogens is 180 g/mol. The monoisotopic (exact) mass is 202 g/mol. The second-order valence-electron chi connectivity index (χ2n) is 4.67. The molecule has 0 amide bonds. The van der Waals surface area contributed by atoms with Gasteiger partial charge in [-0.15, -0.1) is 0 Å². The van der Waals surface area contributed by atoms with Gasteiger partial charge >= 0.3 is 0 Å². The van der Waals surface area contributed by atoms with Crippen LogP contribution in [0.3, 0.4) is 0 Å². The molecule has 78 valence electrons. The molecule has 0 unspecified atom stereocenters. The Hall–Kier alpha value is -0.443. The standard InChI is InChI=1S/C10H22O2Si/c1-8(2)10(11-9(3)4)12-13(5,6)7/h9H,1-7H3. The van der Waals surface area contributed by atoms with Crippen LogP contribution < -0.4 is 0 Å². The van der Waals surface area contributed by atoms with Crippen molar-refractivity contribution in [1.29, 1.82) is 0 Å². The molecule has 13 heavy (non-hydrogen) atoms. The van der Waals surface area contributed by atoms with Crippen molar-refractivity contribution < 1.29 is 9.16 Å². The zero-order chi connectivity index (χ0) is 10.6. The van der Waals surface area contributed by atoms with Gasteiger partial charge in [-0.3, -0.25) is 0 Å². The molecule has 0 aromatic carbocycles. The fourth-order valence-electron chi connectivity index (χ4n) is 0.736. The second kappa shape index (κ2) is 4.70. The van der Waals surface area contributed by atoms with Gasteiger partial charge in [-0.1, -0.05) is 0 Å². The minimum atomic E-state index is -1.53. The number of allylic oxidation sites excluding steroid dienone is 1. The molecule has 0 aliphatic heterocycles. The van der Waals surface area contributed by atoms with Crippen LogP contribution in [0.4, 0.5) is 0 Å². The summed E-state index contributed by atoms with van der Waals surface area (Å²) in [5.74, 6) is 0.717. The van der Waals surface area contributed by atoms with Crippen LogP contribution in [-0.2, 0) is 9.16 Å². The van der Waals surface area contributed by atoms with E-state index in [9.17, 15) is 0 Å². The van der Waals surface area contributed by atoms with Crippen LogP contribution in [0.25, 0.3) is 0 Å². The molecule has 0 radical (unpaired) electrons. The molecule has 0 saturated carbocycles. The van der Waals surface area contributed by atoms with E-state index in [-0.39, 0.29) is 6.10 Å². The van der Waals surface area contributed by atoms with Crippen LogP contribution in [0.5, 0.6) is 0 Å². The zero-order valence-electron chi connectivity index (χ0n) is 9.89. The maximum atomic E-state index is 5.81. The fourth-order valence-corrected chi connectivity index (χ4v) is 1.54. The highest BCUT2D eigenvalue weighted by atomic mass is 28.4. The summed E-state index contributed by atoms with van der Waals surface area (Å²) in [7, 11) is -1.53. The van der Waals surface area contributed by atoms with Gasteiger partial charge in [-0.25, -0.2) is 0 Å². The molecule has 0 aromatic rings. The Labute approximate surface area is 83.1 Å². The van der Waals surface area contributed by atoms with Crippen LogP contribution >= 0.6 is 0 Å². The lowest BCUT2D eigenvalue weighted by Gasteiger charge is -2.24. The number of hydrogen-bond acceptors (Lipinski definition) is 2. The number of hydrogen-bond donors (Lipinski definition) is 0. The van der Waals surface area contributed by atoms with Gasteiger partial charge in [0.15, 0.2) is 0 Å². The Balaban J connectivity index is 4.39. The van der Waals surface area contributed by atoms with E-state index in [1.807, 2.05) is 27.7 Å². The topological polar surface area (TPSA) is 18.5 Å². The van der Waals surface area contributed by atoms with E-state index >= 15 is 0 Å². The molecule has 0 saturated heterocycles. The Morgan fingerprint density at radius 2 is 1.54 bits per heavy atom. The van der Waals surface area contributed by atoms with Crippen LogP contribution in [0.2, 0.25) is 19.6 Å². The number of ether oxygens (including phenoxy) is 1. The summed E-state index contributed by atoms with van der Waals surface area (Å²) in [5, 5.41) is 0. The number of rotatable bonds is 4. The van der Waals surface area contributed by atoms with Gasteiger partial charge in [-0.05, 0) is 47.3 Å². The van der Waals surface area contributed by atoms with Gasteiger partial charge in [0.25, 0.3) is 5.95 Å². The third kappa shape index (κ3) is 6.69. The first-order valence-corrected chi connectivity index (χ1v) is 8.16. The maximum Gasteiger partial charge on any atom is 0.264 e. The summed E-state index contributed by atoms with van der Waals surface area (Å²) in [6.07, 6.45) is 0.182. The fraction of sp³-hybridized carbons (Fsp3) is 0.800. The van der Waals surface area contributed by atoms with Gasteiger partial charge in [0.1, 0.15) is 0 Å². The van der Waals surface area contributed by atoms with Crippen molar-refractivity contribution in [2.45, 2.75) is 53.4 Å². The Morgan fingerprint density at radius 1 is 1.08 bits per heavy atom. The van der Waals surface area contributed by atoms with E-state index in [1.165, 1.54) is 0 Å². The van der Waals surface area contributed by atoms with Gasteiger partial charge < -0.3 is 9.16 Å². The van der Waals surface area contributed by atoms with E-state index in [0.29, 0.717) is 5.95 Å². The van der Waals surface area contributed by atoms with Crippen molar-refractivity contribution in [3.05, 3.63) is 11.5 Å². The molecular formula is C10H22O2Si. The molecule has 0 aromatic heterocycles. The normalized spacial score (nSPS) is 11.4. The third-order valence-electron chi connectivity index (χ3n) is 1.15. The van der Waals surface area contributed by atoms with Gasteiger partial charge in [-0.2, -0.15) is 0 Å². The highest BCUT2D eigenvalue weighted by molar-refractivity contribution is 6.70. The van der Waals surface area contributed by atoms with Crippen LogP contribution in [-0.4, -0.2) is 14.4 Å². The lowest BCUT2D eigenvalue weighted by molar-refractivity contribution is 0.0566. The quantitative estimate of drug-likeness (QED) is 0.513. The minimum absolute atomic E-state index is 0.182. The average Bonchev–Trinajstić information content (AvgIpc) is 1.81. The van der Waals surface area contributed by atoms with Crippen molar-refractivity contribution in [3.63, 3.8) is 0 Å². The summed E-state index contributed by atoms with van der Waals surface area (Å²) in [6, 6.07) is 0. The summed E-state index contributed by atoms with van der Waals surface area (Å²) in [6.45, 7) is 14.5. The van der Waals surface area contributed by atoms with E-state index in [1.54, 1.807) is 0 Å². The van der Waals surface area contributed by atoms with Crippen molar-refractivity contribution in [2.24, 2.45) is 0 Å². The predicted molar refractivity (Wildman–Crippen MR) is 59.0 cm³/mol. The summed E-state index contributed by atoms with van der Waals surface area (Å²) in [5.41, 5.74) is 1.11. The summed E-state index contributed by atoms with van der Waals surface area (Å²) in [4.78, 5) is 0. The zero-order valence-corrected chi connectivity index (χ0v) is 10.9. The first-order valence-electron chi connectivity index (χ1n) is 4.75. The van der Waals surface area contributed by atoms with Gasteiger partial charge in [0.2, 0.25) is 8.32 Å². The predicted octanol–water partition coefficient (Wildman–Crippen LogP) is 3.51. The van der Waals surface area contributed by atoms with Crippen molar-refractivity contribution in [2.75, 3.05) is 0 Å². The SMILES string of the molecule is CC(C)=C(OC(C)C)O[Si](C)(C)C. The Morgan fingerprint density at radius 3 is 1.77 bits per heavy atom. The summed E-state index contributed by atoms with van der Waals surface area (Å²) < 4.78 is 11.4. The highest BCUT2D eigenvalue weighted by Gasteiger charge is 2.19. The van der Waals surface area contributed by atoms with E-state index in [4.69, 9.17) is 9.16 Å².